The van der Waals surface area contributed by atoms with Gasteiger partial charge in [-0.3, -0.25) is 0 Å². The van der Waals surface area contributed by atoms with Crippen molar-refractivity contribution in [3.8, 4) is 0 Å². The van der Waals surface area contributed by atoms with Gasteiger partial charge >= 0.3 is 0 Å². The van der Waals surface area contributed by atoms with Crippen LogP contribution < -0.4 is 10.6 Å². The molecule has 1 saturated carbocycles. The van der Waals surface area contributed by atoms with E-state index in [1.165, 1.54) is 31.9 Å². The zero-order chi connectivity index (χ0) is 13.0. The largest absolute Gasteiger partial charge is 0.367 e. The second kappa shape index (κ2) is 5.98. The van der Waals surface area contributed by atoms with Gasteiger partial charge in [-0.1, -0.05) is 19.8 Å². The van der Waals surface area contributed by atoms with Crippen molar-refractivity contribution >= 4 is 11.8 Å². The number of hydrogen-bond acceptors (Lipinski definition) is 4. The molecule has 5 heteroatoms. The molecule has 1 fully saturated rings. The van der Waals surface area contributed by atoms with Crippen LogP contribution in [0.5, 0.6) is 0 Å². The average molecular weight is 252 g/mol. The van der Waals surface area contributed by atoms with Crippen molar-refractivity contribution in [1.29, 1.82) is 0 Å². The molecular weight excluding hydrogens is 231 g/mol. The fourth-order valence-electron chi connectivity index (χ4n) is 2.39. The lowest BCUT2D eigenvalue weighted by molar-refractivity contribution is 0.300. The number of nitrogens with zero attached hydrogens (tertiary/aromatic N) is 2. The van der Waals surface area contributed by atoms with Gasteiger partial charge in [-0.2, -0.15) is 4.98 Å². The Labute approximate surface area is 107 Å². The van der Waals surface area contributed by atoms with E-state index in [0.29, 0.717) is 17.7 Å². The lowest BCUT2D eigenvalue weighted by atomic mass is 9.83. The van der Waals surface area contributed by atoms with Crippen molar-refractivity contribution in [2.75, 3.05) is 24.2 Å². The van der Waals surface area contributed by atoms with Crippen molar-refractivity contribution < 1.29 is 4.39 Å². The Morgan fingerprint density at radius 2 is 2.06 bits per heavy atom. The molecule has 1 aromatic rings. The molecule has 1 aliphatic rings. The Hall–Kier alpha value is -1.39. The predicted molar refractivity (Wildman–Crippen MR) is 71.1 cm³/mol. The van der Waals surface area contributed by atoms with E-state index in [2.05, 4.69) is 27.5 Å². The van der Waals surface area contributed by atoms with Gasteiger partial charge < -0.3 is 10.6 Å². The van der Waals surface area contributed by atoms with Gasteiger partial charge in [-0.15, -0.1) is 0 Å². The topological polar surface area (TPSA) is 49.8 Å². The monoisotopic (exact) mass is 252 g/mol. The average Bonchev–Trinajstić information content (AvgIpc) is 2.40. The van der Waals surface area contributed by atoms with E-state index in [4.69, 9.17) is 0 Å². The first kappa shape index (κ1) is 13.1. The maximum Gasteiger partial charge on any atom is 0.224 e. The van der Waals surface area contributed by atoms with E-state index >= 15 is 0 Å². The smallest absolute Gasteiger partial charge is 0.224 e. The maximum absolute atomic E-state index is 13.5. The summed E-state index contributed by atoms with van der Waals surface area (Å²) < 4.78 is 13.5. The molecule has 1 aliphatic carbocycles. The van der Waals surface area contributed by atoms with Gasteiger partial charge in [-0.25, -0.2) is 9.37 Å². The quantitative estimate of drug-likeness (QED) is 0.865. The molecule has 1 aromatic heterocycles. The fraction of sp³-hybridized carbons (Fsp3) is 0.692. The Morgan fingerprint density at radius 3 is 2.72 bits per heavy atom. The summed E-state index contributed by atoms with van der Waals surface area (Å²) in [7, 11) is 1.72. The van der Waals surface area contributed by atoms with Gasteiger partial charge in [0.1, 0.15) is 0 Å². The van der Waals surface area contributed by atoms with Gasteiger partial charge in [-0.05, 0) is 24.7 Å². The van der Waals surface area contributed by atoms with E-state index < -0.39 is 5.82 Å². The van der Waals surface area contributed by atoms with E-state index in [-0.39, 0.29) is 0 Å². The Morgan fingerprint density at radius 1 is 1.33 bits per heavy atom. The van der Waals surface area contributed by atoms with Crippen LogP contribution in [0.1, 0.15) is 32.6 Å². The highest BCUT2D eigenvalue weighted by Gasteiger charge is 2.18. The molecule has 2 N–H and O–H groups in total. The van der Waals surface area contributed by atoms with Crippen molar-refractivity contribution in [1.82, 2.24) is 9.97 Å². The van der Waals surface area contributed by atoms with Crippen LogP contribution in [0.2, 0.25) is 0 Å². The molecule has 0 amide bonds. The van der Waals surface area contributed by atoms with Gasteiger partial charge in [0.15, 0.2) is 11.6 Å². The summed E-state index contributed by atoms with van der Waals surface area (Å²) in [5, 5.41) is 5.92. The minimum atomic E-state index is -0.391. The molecule has 0 bridgehead atoms. The number of anilines is 2. The molecule has 0 saturated heterocycles. The number of aromatic nitrogens is 2. The summed E-state index contributed by atoms with van der Waals surface area (Å²) in [6.07, 6.45) is 6.20. The van der Waals surface area contributed by atoms with Crippen LogP contribution in [-0.2, 0) is 0 Å². The van der Waals surface area contributed by atoms with Crippen LogP contribution >= 0.6 is 0 Å². The molecule has 2 rings (SSSR count). The van der Waals surface area contributed by atoms with Gasteiger partial charge in [0, 0.05) is 13.6 Å². The van der Waals surface area contributed by atoms with Crippen molar-refractivity contribution in [3.05, 3.63) is 12.0 Å². The van der Waals surface area contributed by atoms with Crippen LogP contribution in [0, 0.1) is 17.7 Å². The van der Waals surface area contributed by atoms with E-state index in [9.17, 15) is 4.39 Å². The molecule has 4 nitrogen and oxygen atoms in total. The van der Waals surface area contributed by atoms with E-state index in [1.807, 2.05) is 0 Å². The summed E-state index contributed by atoms with van der Waals surface area (Å²) in [5.41, 5.74) is 0. The molecule has 0 atom stereocenters. The highest BCUT2D eigenvalue weighted by molar-refractivity contribution is 5.40. The summed E-state index contributed by atoms with van der Waals surface area (Å²) in [6.45, 7) is 3.09. The molecule has 0 radical (unpaired) electrons. The van der Waals surface area contributed by atoms with Crippen molar-refractivity contribution in [2.24, 2.45) is 11.8 Å². The highest BCUT2D eigenvalue weighted by atomic mass is 19.1. The Balaban J connectivity index is 1.89. The summed E-state index contributed by atoms with van der Waals surface area (Å²) in [5.74, 6) is 1.82. The molecule has 1 heterocycles. The second-order valence-electron chi connectivity index (χ2n) is 5.15. The van der Waals surface area contributed by atoms with E-state index in [0.717, 1.165) is 12.5 Å². The van der Waals surface area contributed by atoms with Crippen molar-refractivity contribution in [3.63, 3.8) is 0 Å². The zero-order valence-corrected chi connectivity index (χ0v) is 11.0. The first-order chi connectivity index (χ1) is 8.69. The van der Waals surface area contributed by atoms with Crippen LogP contribution in [0.4, 0.5) is 16.2 Å². The fourth-order valence-corrected chi connectivity index (χ4v) is 2.39. The Kier molecular flexibility index (Phi) is 4.33. The third-order valence-corrected chi connectivity index (χ3v) is 3.66. The second-order valence-corrected chi connectivity index (χ2v) is 5.15. The third kappa shape index (κ3) is 3.31. The first-order valence-electron chi connectivity index (χ1n) is 6.63. The normalized spacial score (nSPS) is 23.7. The standard InChI is InChI=1S/C13H21FN4/c1-9-3-5-10(6-4-9)7-16-12-11(14)8-17-13(15-2)18-12/h8-10H,3-7H2,1-2H3,(H2,15,16,17,18). The minimum Gasteiger partial charge on any atom is -0.367 e. The van der Waals surface area contributed by atoms with Crippen LogP contribution in [0.25, 0.3) is 0 Å². The molecule has 0 aromatic carbocycles. The van der Waals surface area contributed by atoms with Crippen molar-refractivity contribution in [2.45, 2.75) is 32.6 Å². The number of halogens is 1. The third-order valence-electron chi connectivity index (χ3n) is 3.66. The molecule has 0 aliphatic heterocycles. The zero-order valence-electron chi connectivity index (χ0n) is 11.0. The lowest BCUT2D eigenvalue weighted by Gasteiger charge is -2.26. The molecule has 0 unspecified atom stereocenters. The van der Waals surface area contributed by atoms with Gasteiger partial charge in [0.2, 0.25) is 5.95 Å². The number of nitrogens with one attached hydrogen (secondary N) is 2. The molecule has 0 spiro atoms. The minimum absolute atomic E-state index is 0.299. The van der Waals surface area contributed by atoms with Crippen LogP contribution in [0.15, 0.2) is 6.20 Å². The molecule has 100 valence electrons. The summed E-state index contributed by atoms with van der Waals surface area (Å²) in [6, 6.07) is 0. The SMILES string of the molecule is CNc1ncc(F)c(NCC2CCC(C)CC2)n1. The highest BCUT2D eigenvalue weighted by Crippen LogP contribution is 2.28. The van der Waals surface area contributed by atoms with Gasteiger partial charge in [0.05, 0.1) is 6.20 Å². The Bertz CT molecular complexity index is 389. The number of hydrogen-bond donors (Lipinski definition) is 2. The van der Waals surface area contributed by atoms with E-state index in [1.54, 1.807) is 7.05 Å². The summed E-state index contributed by atoms with van der Waals surface area (Å²) >= 11 is 0. The summed E-state index contributed by atoms with van der Waals surface area (Å²) in [4.78, 5) is 7.91. The van der Waals surface area contributed by atoms with Gasteiger partial charge in [0.25, 0.3) is 0 Å². The maximum atomic E-state index is 13.5. The first-order valence-corrected chi connectivity index (χ1v) is 6.63. The lowest BCUT2D eigenvalue weighted by Crippen LogP contribution is -2.21. The van der Waals surface area contributed by atoms with Crippen LogP contribution in [-0.4, -0.2) is 23.6 Å². The molecule has 18 heavy (non-hydrogen) atoms. The van der Waals surface area contributed by atoms with Crippen LogP contribution in [0.3, 0.4) is 0 Å². The number of rotatable bonds is 4. The predicted octanol–water partition coefficient (Wildman–Crippen LogP) is 2.90. The molecular formula is C13H21FN4.